The molecule has 0 spiro atoms. The lowest BCUT2D eigenvalue weighted by Crippen LogP contribution is -2.30. The van der Waals surface area contributed by atoms with Gasteiger partial charge in [0, 0.05) is 10.2 Å². The van der Waals surface area contributed by atoms with Crippen molar-refractivity contribution in [1.29, 1.82) is 0 Å². The van der Waals surface area contributed by atoms with Gasteiger partial charge in [-0.2, -0.15) is 0 Å². The lowest BCUT2D eigenvalue weighted by Gasteiger charge is -2.19. The number of rotatable bonds is 1. The summed E-state index contributed by atoms with van der Waals surface area (Å²) >= 11 is 3.45. The van der Waals surface area contributed by atoms with Crippen LogP contribution in [0.1, 0.15) is 31.8 Å². The highest BCUT2D eigenvalue weighted by Gasteiger charge is 2.39. The number of fused-ring (bicyclic) bond motifs is 1. The number of hydrogen-bond acceptors (Lipinski definition) is 3. The highest BCUT2D eigenvalue weighted by atomic mass is 79.9. The third kappa shape index (κ3) is 1.96. The van der Waals surface area contributed by atoms with E-state index in [2.05, 4.69) is 15.9 Å². The second-order valence-electron chi connectivity index (χ2n) is 5.13. The minimum absolute atomic E-state index is 0.286. The first-order valence-electron chi connectivity index (χ1n) is 6.46. The Balaban J connectivity index is 2.22. The van der Waals surface area contributed by atoms with Crippen molar-refractivity contribution in [2.24, 2.45) is 0 Å². The van der Waals surface area contributed by atoms with Crippen LogP contribution in [0.25, 0.3) is 0 Å². The van der Waals surface area contributed by atoms with E-state index in [9.17, 15) is 9.59 Å². The molecule has 5 heteroatoms. The number of imide groups is 1. The van der Waals surface area contributed by atoms with Crippen molar-refractivity contribution >= 4 is 39.1 Å². The number of carbonyl (C=O) groups excluding carboxylic acids is 2. The minimum Gasteiger partial charge on any atom is -0.398 e. The predicted octanol–water partition coefficient (Wildman–Crippen LogP) is 3.45. The van der Waals surface area contributed by atoms with Crippen molar-refractivity contribution in [2.45, 2.75) is 13.8 Å². The molecule has 1 aliphatic heterocycles. The highest BCUT2D eigenvalue weighted by molar-refractivity contribution is 9.10. The van der Waals surface area contributed by atoms with E-state index < -0.39 is 0 Å². The first kappa shape index (κ1) is 13.8. The summed E-state index contributed by atoms with van der Waals surface area (Å²) in [5.41, 5.74) is 9.31. The number of benzene rings is 2. The fourth-order valence-corrected chi connectivity index (χ4v) is 3.56. The van der Waals surface area contributed by atoms with E-state index in [4.69, 9.17) is 5.73 Å². The van der Waals surface area contributed by atoms with Gasteiger partial charge in [-0.25, -0.2) is 4.90 Å². The van der Waals surface area contributed by atoms with Crippen molar-refractivity contribution in [3.8, 4) is 0 Å². The van der Waals surface area contributed by atoms with E-state index in [0.29, 0.717) is 21.4 Å². The largest absolute Gasteiger partial charge is 0.398 e. The fourth-order valence-electron chi connectivity index (χ4n) is 2.71. The van der Waals surface area contributed by atoms with Crippen LogP contribution in [-0.4, -0.2) is 11.8 Å². The fraction of sp³-hybridized carbons (Fsp3) is 0.125. The van der Waals surface area contributed by atoms with Gasteiger partial charge in [-0.05, 0) is 59.1 Å². The normalized spacial score (nSPS) is 13.8. The molecule has 0 saturated heterocycles. The van der Waals surface area contributed by atoms with Gasteiger partial charge in [0.05, 0.1) is 16.8 Å². The topological polar surface area (TPSA) is 63.4 Å². The first-order chi connectivity index (χ1) is 9.91. The molecule has 2 aromatic carbocycles. The average Bonchev–Trinajstić information content (AvgIpc) is 2.64. The maximum absolute atomic E-state index is 12.6. The van der Waals surface area contributed by atoms with Gasteiger partial charge >= 0.3 is 0 Å². The molecular formula is C16H13BrN2O2. The molecule has 0 atom stereocenters. The highest BCUT2D eigenvalue weighted by Crippen LogP contribution is 2.38. The SMILES string of the molecule is Cc1cc(C)c(N2C(=O)c3cccc(N)c3C2=O)c(Br)c1. The van der Waals surface area contributed by atoms with Gasteiger partial charge in [0.2, 0.25) is 0 Å². The zero-order chi connectivity index (χ0) is 15.3. The van der Waals surface area contributed by atoms with Crippen LogP contribution in [0.4, 0.5) is 11.4 Å². The molecule has 0 aromatic heterocycles. The standard InChI is InChI=1S/C16H13BrN2O2/c1-8-6-9(2)14(11(17)7-8)19-15(20)10-4-3-5-12(18)13(10)16(19)21/h3-7H,18H2,1-2H3. The Morgan fingerprint density at radius 1 is 1.10 bits per heavy atom. The summed E-state index contributed by atoms with van der Waals surface area (Å²) < 4.78 is 0.716. The zero-order valence-corrected chi connectivity index (χ0v) is 13.2. The van der Waals surface area contributed by atoms with E-state index in [1.807, 2.05) is 26.0 Å². The molecule has 4 nitrogen and oxygen atoms in total. The van der Waals surface area contributed by atoms with Gasteiger partial charge in [-0.15, -0.1) is 0 Å². The van der Waals surface area contributed by atoms with Crippen LogP contribution in [0.2, 0.25) is 0 Å². The summed E-state index contributed by atoms with van der Waals surface area (Å²) in [5, 5.41) is 0. The van der Waals surface area contributed by atoms with Gasteiger partial charge in [-0.3, -0.25) is 9.59 Å². The van der Waals surface area contributed by atoms with Crippen molar-refractivity contribution in [3.63, 3.8) is 0 Å². The molecule has 1 aliphatic rings. The summed E-state index contributed by atoms with van der Waals surface area (Å²) in [6, 6.07) is 8.76. The average molecular weight is 345 g/mol. The summed E-state index contributed by atoms with van der Waals surface area (Å²) in [7, 11) is 0. The number of aryl methyl sites for hydroxylation is 2. The molecule has 0 saturated carbocycles. The first-order valence-corrected chi connectivity index (χ1v) is 7.25. The third-order valence-electron chi connectivity index (χ3n) is 3.57. The lowest BCUT2D eigenvalue weighted by molar-refractivity contribution is 0.0926. The Morgan fingerprint density at radius 3 is 2.43 bits per heavy atom. The smallest absolute Gasteiger partial charge is 0.268 e. The molecule has 2 amide bonds. The van der Waals surface area contributed by atoms with Crippen molar-refractivity contribution < 1.29 is 9.59 Å². The second kappa shape index (κ2) is 4.70. The summed E-state index contributed by atoms with van der Waals surface area (Å²) in [4.78, 5) is 26.4. The van der Waals surface area contributed by atoms with Crippen LogP contribution in [0, 0.1) is 13.8 Å². The van der Waals surface area contributed by atoms with Crippen molar-refractivity contribution in [2.75, 3.05) is 10.6 Å². The number of nitrogens with zero attached hydrogens (tertiary/aromatic N) is 1. The van der Waals surface area contributed by atoms with Gasteiger partial charge in [0.25, 0.3) is 11.8 Å². The molecule has 0 aliphatic carbocycles. The minimum atomic E-state index is -0.374. The summed E-state index contributed by atoms with van der Waals surface area (Å²) in [5.74, 6) is -0.712. The monoisotopic (exact) mass is 344 g/mol. The molecule has 0 radical (unpaired) electrons. The molecule has 0 fully saturated rings. The number of halogens is 1. The zero-order valence-electron chi connectivity index (χ0n) is 11.6. The lowest BCUT2D eigenvalue weighted by atomic mass is 10.1. The summed E-state index contributed by atoms with van der Waals surface area (Å²) in [6.07, 6.45) is 0. The van der Waals surface area contributed by atoms with Crippen molar-refractivity contribution in [3.05, 3.63) is 57.1 Å². The van der Waals surface area contributed by atoms with Crippen LogP contribution in [0.15, 0.2) is 34.8 Å². The molecule has 2 aromatic rings. The van der Waals surface area contributed by atoms with Crippen LogP contribution in [0.3, 0.4) is 0 Å². The molecule has 106 valence electrons. The Hall–Kier alpha value is -2.14. The maximum Gasteiger partial charge on any atom is 0.268 e. The molecular weight excluding hydrogens is 332 g/mol. The number of anilines is 2. The second-order valence-corrected chi connectivity index (χ2v) is 5.98. The number of carbonyl (C=O) groups is 2. The molecule has 3 rings (SSSR count). The summed E-state index contributed by atoms with van der Waals surface area (Å²) in [6.45, 7) is 3.84. The molecule has 0 unspecified atom stereocenters. The molecule has 0 bridgehead atoms. The quantitative estimate of drug-likeness (QED) is 0.636. The van der Waals surface area contributed by atoms with E-state index in [1.165, 1.54) is 4.90 Å². The maximum atomic E-state index is 12.6. The van der Waals surface area contributed by atoms with E-state index in [1.54, 1.807) is 18.2 Å². The Labute approximate surface area is 130 Å². The molecule has 2 N–H and O–H groups in total. The predicted molar refractivity (Wildman–Crippen MR) is 85.6 cm³/mol. The van der Waals surface area contributed by atoms with E-state index in [-0.39, 0.29) is 17.4 Å². The van der Waals surface area contributed by atoms with Crippen molar-refractivity contribution in [1.82, 2.24) is 0 Å². The van der Waals surface area contributed by atoms with Crippen LogP contribution < -0.4 is 10.6 Å². The van der Waals surface area contributed by atoms with Gasteiger partial charge in [0.1, 0.15) is 0 Å². The number of nitrogens with two attached hydrogens (primary N) is 1. The van der Waals surface area contributed by atoms with E-state index >= 15 is 0 Å². The Morgan fingerprint density at radius 2 is 1.81 bits per heavy atom. The molecule has 1 heterocycles. The van der Waals surface area contributed by atoms with Crippen LogP contribution >= 0.6 is 15.9 Å². The number of amides is 2. The Kier molecular flexibility index (Phi) is 3.10. The van der Waals surface area contributed by atoms with Gasteiger partial charge < -0.3 is 5.73 Å². The molecule has 21 heavy (non-hydrogen) atoms. The van der Waals surface area contributed by atoms with Gasteiger partial charge in [-0.1, -0.05) is 12.1 Å². The van der Waals surface area contributed by atoms with Gasteiger partial charge in [0.15, 0.2) is 0 Å². The van der Waals surface area contributed by atoms with Crippen LogP contribution in [0.5, 0.6) is 0 Å². The Bertz CT molecular complexity index is 776. The number of nitrogen functional groups attached to an aromatic ring is 1. The van der Waals surface area contributed by atoms with Crippen LogP contribution in [-0.2, 0) is 0 Å². The number of hydrogen-bond donors (Lipinski definition) is 1. The van der Waals surface area contributed by atoms with E-state index in [0.717, 1.165) is 11.1 Å². The third-order valence-corrected chi connectivity index (χ3v) is 4.17.